The maximum atomic E-state index is 12.2. The molecule has 0 radical (unpaired) electrons. The Labute approximate surface area is 127 Å². The van der Waals surface area contributed by atoms with Gasteiger partial charge in [-0.2, -0.15) is 5.10 Å². The molecule has 0 aliphatic heterocycles. The monoisotopic (exact) mass is 303 g/mol. The number of carboxylic acids is 1. The lowest BCUT2D eigenvalue weighted by atomic mass is 10.1. The third-order valence-corrected chi connectivity index (χ3v) is 3.29. The summed E-state index contributed by atoms with van der Waals surface area (Å²) in [5, 5.41) is 24.9. The molecule has 7 nitrogen and oxygen atoms in total. The minimum Gasteiger partial charge on any atom is -0.480 e. The van der Waals surface area contributed by atoms with Gasteiger partial charge in [0.05, 0.1) is 29.2 Å². The van der Waals surface area contributed by atoms with Crippen molar-refractivity contribution in [3.63, 3.8) is 0 Å². The van der Waals surface area contributed by atoms with Gasteiger partial charge in [0.15, 0.2) is 6.04 Å². The number of hydrogen-bond donors (Lipinski definition) is 3. The van der Waals surface area contributed by atoms with Crippen LogP contribution in [0.15, 0.2) is 36.5 Å². The van der Waals surface area contributed by atoms with Crippen LogP contribution in [0.4, 0.5) is 0 Å². The van der Waals surface area contributed by atoms with Crippen molar-refractivity contribution in [1.29, 1.82) is 0 Å². The molecule has 0 saturated heterocycles. The number of aliphatic carboxylic acids is 1. The first-order chi connectivity index (χ1) is 10.4. The molecule has 3 N–H and O–H groups in total. The molecule has 0 spiro atoms. The van der Waals surface area contributed by atoms with Gasteiger partial charge in [-0.3, -0.25) is 4.79 Å². The highest BCUT2D eigenvalue weighted by Gasteiger charge is 2.27. The van der Waals surface area contributed by atoms with Crippen LogP contribution >= 0.6 is 0 Å². The van der Waals surface area contributed by atoms with E-state index in [4.69, 9.17) is 5.11 Å². The Morgan fingerprint density at radius 1 is 1.27 bits per heavy atom. The average Bonchev–Trinajstić information content (AvgIpc) is 2.86. The van der Waals surface area contributed by atoms with Crippen molar-refractivity contribution in [2.24, 2.45) is 0 Å². The van der Waals surface area contributed by atoms with Crippen molar-refractivity contribution in [1.82, 2.24) is 15.1 Å². The maximum Gasteiger partial charge on any atom is 0.328 e. The predicted octanol–water partition coefficient (Wildman–Crippen LogP) is 0.745. The van der Waals surface area contributed by atoms with Crippen molar-refractivity contribution >= 4 is 11.9 Å². The van der Waals surface area contributed by atoms with Gasteiger partial charge in [0.25, 0.3) is 5.91 Å². The molecule has 0 aliphatic rings. The summed E-state index contributed by atoms with van der Waals surface area (Å²) in [4.78, 5) is 23.2. The topological polar surface area (TPSA) is 104 Å². The number of carbonyl (C=O) groups is 2. The van der Waals surface area contributed by atoms with Gasteiger partial charge < -0.3 is 15.5 Å². The van der Waals surface area contributed by atoms with Gasteiger partial charge in [-0.05, 0) is 26.0 Å². The number of aliphatic hydroxyl groups excluding tert-OH is 1. The lowest BCUT2D eigenvalue weighted by molar-refractivity contribution is -0.141. The van der Waals surface area contributed by atoms with Gasteiger partial charge in [0.2, 0.25) is 0 Å². The fourth-order valence-corrected chi connectivity index (χ4v) is 2.07. The zero-order chi connectivity index (χ0) is 16.3. The molecular formula is C15H17N3O4. The number of carbonyl (C=O) groups excluding carboxylic acids is 1. The second kappa shape index (κ2) is 6.40. The third-order valence-electron chi connectivity index (χ3n) is 3.29. The summed E-state index contributed by atoms with van der Waals surface area (Å²) >= 11 is 0. The lowest BCUT2D eigenvalue weighted by Crippen LogP contribution is -2.47. The van der Waals surface area contributed by atoms with E-state index in [1.165, 1.54) is 13.1 Å². The molecule has 7 heteroatoms. The number of rotatable bonds is 5. The van der Waals surface area contributed by atoms with Crippen LogP contribution < -0.4 is 5.32 Å². The molecule has 0 aliphatic carbocycles. The highest BCUT2D eigenvalue weighted by molar-refractivity contribution is 5.97. The number of aliphatic hydroxyl groups is 1. The Bertz CT molecular complexity index is 679. The largest absolute Gasteiger partial charge is 0.480 e. The fraction of sp³-hybridized carbons (Fsp3) is 0.267. The Kier molecular flexibility index (Phi) is 4.57. The van der Waals surface area contributed by atoms with E-state index in [1.54, 1.807) is 11.6 Å². The molecule has 1 aromatic carbocycles. The molecule has 0 fully saturated rings. The molecular weight excluding hydrogens is 286 g/mol. The Hall–Kier alpha value is -2.67. The van der Waals surface area contributed by atoms with E-state index < -0.39 is 24.0 Å². The van der Waals surface area contributed by atoms with E-state index in [0.717, 1.165) is 5.69 Å². The molecule has 0 saturated carbocycles. The van der Waals surface area contributed by atoms with Crippen LogP contribution in [0.25, 0.3) is 5.69 Å². The van der Waals surface area contributed by atoms with Crippen LogP contribution in [0.1, 0.15) is 23.0 Å². The van der Waals surface area contributed by atoms with Crippen molar-refractivity contribution in [3.8, 4) is 5.69 Å². The van der Waals surface area contributed by atoms with Gasteiger partial charge in [0.1, 0.15) is 0 Å². The molecule has 116 valence electrons. The van der Waals surface area contributed by atoms with E-state index in [1.807, 2.05) is 30.3 Å². The first kappa shape index (κ1) is 15.7. The number of aromatic nitrogens is 2. The van der Waals surface area contributed by atoms with E-state index in [-0.39, 0.29) is 5.56 Å². The molecule has 2 unspecified atom stereocenters. The van der Waals surface area contributed by atoms with Gasteiger partial charge in [-0.1, -0.05) is 18.2 Å². The predicted molar refractivity (Wildman–Crippen MR) is 78.9 cm³/mol. The van der Waals surface area contributed by atoms with Crippen LogP contribution in [0.2, 0.25) is 0 Å². The van der Waals surface area contributed by atoms with Gasteiger partial charge in [0, 0.05) is 0 Å². The first-order valence-corrected chi connectivity index (χ1v) is 6.73. The number of nitrogens with one attached hydrogen (secondary N) is 1. The minimum absolute atomic E-state index is 0.260. The highest BCUT2D eigenvalue weighted by atomic mass is 16.4. The summed E-state index contributed by atoms with van der Waals surface area (Å²) in [5.41, 5.74) is 1.64. The molecule has 1 amide bonds. The Morgan fingerprint density at radius 3 is 2.45 bits per heavy atom. The van der Waals surface area contributed by atoms with Crippen LogP contribution in [0.5, 0.6) is 0 Å². The SMILES string of the molecule is Cc1c(C(=O)NC(C(=O)O)C(C)O)cnn1-c1ccccc1. The van der Waals surface area contributed by atoms with Gasteiger partial charge in [-0.25, -0.2) is 9.48 Å². The van der Waals surface area contributed by atoms with Crippen molar-refractivity contribution < 1.29 is 19.8 Å². The summed E-state index contributed by atoms with van der Waals surface area (Å²) < 4.78 is 1.59. The molecule has 1 aromatic heterocycles. The number of nitrogens with zero attached hydrogens (tertiary/aromatic N) is 2. The van der Waals surface area contributed by atoms with E-state index in [0.29, 0.717) is 5.69 Å². The lowest BCUT2D eigenvalue weighted by Gasteiger charge is -2.16. The quantitative estimate of drug-likeness (QED) is 0.756. The second-order valence-electron chi connectivity index (χ2n) is 4.92. The maximum absolute atomic E-state index is 12.2. The van der Waals surface area contributed by atoms with Gasteiger partial charge >= 0.3 is 5.97 Å². The van der Waals surface area contributed by atoms with Gasteiger partial charge in [-0.15, -0.1) is 0 Å². The Morgan fingerprint density at radius 2 is 1.91 bits per heavy atom. The number of carboxylic acid groups (broad SMARTS) is 1. The van der Waals surface area contributed by atoms with E-state index in [2.05, 4.69) is 10.4 Å². The first-order valence-electron chi connectivity index (χ1n) is 6.73. The van der Waals surface area contributed by atoms with E-state index in [9.17, 15) is 14.7 Å². The molecule has 1 heterocycles. The van der Waals surface area contributed by atoms with Crippen molar-refractivity contribution in [3.05, 3.63) is 47.8 Å². The zero-order valence-corrected chi connectivity index (χ0v) is 12.2. The van der Waals surface area contributed by atoms with Crippen LogP contribution in [-0.2, 0) is 4.79 Å². The Balaban J connectivity index is 2.25. The standard InChI is InChI=1S/C15H17N3O4/c1-9-12(14(20)17-13(10(2)19)15(21)22)8-16-18(9)11-6-4-3-5-7-11/h3-8,10,13,19H,1-2H3,(H,17,20)(H,21,22). The van der Waals surface area contributed by atoms with Crippen molar-refractivity contribution in [2.75, 3.05) is 0 Å². The summed E-state index contributed by atoms with van der Waals surface area (Å²) in [5.74, 6) is -1.88. The summed E-state index contributed by atoms with van der Waals surface area (Å²) in [6.45, 7) is 3.02. The molecule has 2 rings (SSSR count). The van der Waals surface area contributed by atoms with Crippen molar-refractivity contribution in [2.45, 2.75) is 26.0 Å². The second-order valence-corrected chi connectivity index (χ2v) is 4.92. The highest BCUT2D eigenvalue weighted by Crippen LogP contribution is 2.14. The molecule has 2 aromatic rings. The summed E-state index contributed by atoms with van der Waals surface area (Å²) in [7, 11) is 0. The van der Waals surface area contributed by atoms with E-state index >= 15 is 0 Å². The van der Waals surface area contributed by atoms with Crippen LogP contribution in [-0.4, -0.2) is 44.0 Å². The third kappa shape index (κ3) is 3.15. The fourth-order valence-electron chi connectivity index (χ4n) is 2.07. The smallest absolute Gasteiger partial charge is 0.328 e. The minimum atomic E-state index is -1.37. The number of amides is 1. The molecule has 22 heavy (non-hydrogen) atoms. The number of benzene rings is 1. The number of hydrogen-bond acceptors (Lipinski definition) is 4. The summed E-state index contributed by atoms with van der Waals surface area (Å²) in [6, 6.07) is 7.89. The zero-order valence-electron chi connectivity index (χ0n) is 12.2. The van der Waals surface area contributed by atoms with Crippen LogP contribution in [0, 0.1) is 6.92 Å². The van der Waals surface area contributed by atoms with Crippen LogP contribution in [0.3, 0.4) is 0 Å². The molecule has 0 bridgehead atoms. The summed E-state index contributed by atoms with van der Waals surface area (Å²) in [6.07, 6.45) is 0.171. The average molecular weight is 303 g/mol. The molecule has 2 atom stereocenters. The number of para-hydroxylation sites is 1. The normalized spacial score (nSPS) is 13.4.